The number of rotatable bonds is 1. The first-order valence-electron chi connectivity index (χ1n) is 6.39. The molecule has 102 valence electrons. The average Bonchev–Trinajstić information content (AvgIpc) is 3.08. The van der Waals surface area contributed by atoms with Gasteiger partial charge in [0.15, 0.2) is 5.82 Å². The standard InChI is InChI=1S/C13H14N6S/c1-7-5-20-13-10(7)12(15-6-16-13)19-3-8-9(4-19)18(2)17-11(8)14/h5-6H,3-4H2,1-2H3,(H2,14,17). The summed E-state index contributed by atoms with van der Waals surface area (Å²) < 4.78 is 1.86. The van der Waals surface area contributed by atoms with Crippen LogP contribution in [0.1, 0.15) is 16.8 Å². The van der Waals surface area contributed by atoms with Crippen LogP contribution in [-0.2, 0) is 20.1 Å². The highest BCUT2D eigenvalue weighted by molar-refractivity contribution is 7.17. The second kappa shape index (κ2) is 3.92. The van der Waals surface area contributed by atoms with Crippen LogP contribution in [-0.4, -0.2) is 19.7 Å². The number of nitrogens with two attached hydrogens (primary N) is 1. The molecular weight excluding hydrogens is 272 g/mol. The lowest BCUT2D eigenvalue weighted by atomic mass is 10.2. The molecule has 7 heteroatoms. The van der Waals surface area contributed by atoms with E-state index in [0.717, 1.165) is 34.7 Å². The van der Waals surface area contributed by atoms with Gasteiger partial charge in [-0.15, -0.1) is 11.3 Å². The number of fused-ring (bicyclic) bond motifs is 2. The molecule has 0 fully saturated rings. The van der Waals surface area contributed by atoms with E-state index in [-0.39, 0.29) is 0 Å². The van der Waals surface area contributed by atoms with E-state index in [1.807, 2.05) is 11.7 Å². The normalized spacial score (nSPS) is 14.2. The molecule has 0 unspecified atom stereocenters. The molecular formula is C13H14N6S. The molecule has 3 aromatic rings. The lowest BCUT2D eigenvalue weighted by Crippen LogP contribution is -2.18. The van der Waals surface area contributed by atoms with Gasteiger partial charge in [-0.25, -0.2) is 9.97 Å². The smallest absolute Gasteiger partial charge is 0.150 e. The summed E-state index contributed by atoms with van der Waals surface area (Å²) in [4.78, 5) is 12.1. The summed E-state index contributed by atoms with van der Waals surface area (Å²) in [5.41, 5.74) is 9.48. The molecule has 1 aliphatic heterocycles. The van der Waals surface area contributed by atoms with Gasteiger partial charge in [0.1, 0.15) is 17.0 Å². The highest BCUT2D eigenvalue weighted by Gasteiger charge is 2.28. The van der Waals surface area contributed by atoms with Crippen LogP contribution in [0.5, 0.6) is 0 Å². The molecule has 0 aromatic carbocycles. The van der Waals surface area contributed by atoms with Crippen LogP contribution in [0, 0.1) is 6.92 Å². The Kier molecular flexibility index (Phi) is 2.29. The Balaban J connectivity index is 1.83. The SMILES string of the molecule is Cc1csc2ncnc(N3Cc4c(N)nn(C)c4C3)c12. The molecule has 20 heavy (non-hydrogen) atoms. The van der Waals surface area contributed by atoms with Crippen molar-refractivity contribution in [3.05, 3.63) is 28.5 Å². The third-order valence-corrected chi connectivity index (χ3v) is 4.83. The van der Waals surface area contributed by atoms with E-state index in [2.05, 4.69) is 32.3 Å². The van der Waals surface area contributed by atoms with E-state index in [1.165, 1.54) is 11.3 Å². The van der Waals surface area contributed by atoms with Crippen LogP contribution >= 0.6 is 11.3 Å². The highest BCUT2D eigenvalue weighted by Crippen LogP contribution is 2.36. The summed E-state index contributed by atoms with van der Waals surface area (Å²) in [5, 5.41) is 7.54. The Labute approximate surface area is 119 Å². The Morgan fingerprint density at radius 3 is 2.95 bits per heavy atom. The van der Waals surface area contributed by atoms with Crippen LogP contribution in [0.2, 0.25) is 0 Å². The van der Waals surface area contributed by atoms with E-state index in [1.54, 1.807) is 17.7 Å². The molecule has 4 heterocycles. The second-order valence-corrected chi connectivity index (χ2v) is 5.94. The van der Waals surface area contributed by atoms with Crippen molar-refractivity contribution in [3.63, 3.8) is 0 Å². The average molecular weight is 286 g/mol. The number of thiophene rings is 1. The third-order valence-electron chi connectivity index (χ3n) is 3.83. The Morgan fingerprint density at radius 2 is 2.15 bits per heavy atom. The van der Waals surface area contributed by atoms with Crippen molar-refractivity contribution in [2.45, 2.75) is 20.0 Å². The van der Waals surface area contributed by atoms with Crippen LogP contribution in [0.3, 0.4) is 0 Å². The van der Waals surface area contributed by atoms with Crippen molar-refractivity contribution < 1.29 is 0 Å². The maximum Gasteiger partial charge on any atom is 0.150 e. The summed E-state index contributed by atoms with van der Waals surface area (Å²) in [5.74, 6) is 1.61. The summed E-state index contributed by atoms with van der Waals surface area (Å²) in [6.07, 6.45) is 1.64. The van der Waals surface area contributed by atoms with E-state index in [4.69, 9.17) is 5.73 Å². The zero-order valence-electron chi connectivity index (χ0n) is 11.3. The lowest BCUT2D eigenvalue weighted by Gasteiger charge is -2.18. The van der Waals surface area contributed by atoms with Gasteiger partial charge < -0.3 is 10.6 Å². The number of aromatic nitrogens is 4. The van der Waals surface area contributed by atoms with Crippen molar-refractivity contribution in [2.75, 3.05) is 10.6 Å². The van der Waals surface area contributed by atoms with Crippen LogP contribution in [0.25, 0.3) is 10.2 Å². The fourth-order valence-corrected chi connectivity index (χ4v) is 3.70. The van der Waals surface area contributed by atoms with Gasteiger partial charge in [0.2, 0.25) is 0 Å². The molecule has 2 N–H and O–H groups in total. The van der Waals surface area contributed by atoms with Crippen molar-refractivity contribution in [1.29, 1.82) is 0 Å². The number of hydrogen-bond donors (Lipinski definition) is 1. The number of anilines is 2. The van der Waals surface area contributed by atoms with Gasteiger partial charge in [0.05, 0.1) is 24.2 Å². The molecule has 0 atom stereocenters. The van der Waals surface area contributed by atoms with Crippen molar-refractivity contribution in [1.82, 2.24) is 19.7 Å². The fourth-order valence-electron chi connectivity index (χ4n) is 2.81. The quantitative estimate of drug-likeness (QED) is 0.739. The zero-order chi connectivity index (χ0) is 13.9. The minimum atomic E-state index is 0.623. The summed E-state index contributed by atoms with van der Waals surface area (Å²) in [6, 6.07) is 0. The molecule has 0 amide bonds. The largest absolute Gasteiger partial charge is 0.382 e. The zero-order valence-corrected chi connectivity index (χ0v) is 12.1. The molecule has 0 spiro atoms. The maximum absolute atomic E-state index is 5.97. The summed E-state index contributed by atoms with van der Waals surface area (Å²) >= 11 is 1.66. The molecule has 0 saturated heterocycles. The van der Waals surface area contributed by atoms with Gasteiger partial charge in [-0.1, -0.05) is 0 Å². The first-order valence-corrected chi connectivity index (χ1v) is 7.27. The molecule has 4 rings (SSSR count). The number of nitrogens with zero attached hydrogens (tertiary/aromatic N) is 5. The molecule has 6 nitrogen and oxygen atoms in total. The summed E-state index contributed by atoms with van der Waals surface area (Å²) in [7, 11) is 1.93. The van der Waals surface area contributed by atoms with Gasteiger partial charge in [0, 0.05) is 12.6 Å². The molecule has 3 aromatic heterocycles. The molecule has 0 aliphatic carbocycles. The minimum Gasteiger partial charge on any atom is -0.382 e. The lowest BCUT2D eigenvalue weighted by molar-refractivity contribution is 0.705. The first-order chi connectivity index (χ1) is 9.65. The van der Waals surface area contributed by atoms with E-state index >= 15 is 0 Å². The van der Waals surface area contributed by atoms with Crippen molar-refractivity contribution in [3.8, 4) is 0 Å². The second-order valence-electron chi connectivity index (χ2n) is 5.09. The van der Waals surface area contributed by atoms with Crippen LogP contribution < -0.4 is 10.6 Å². The Bertz CT molecular complexity index is 791. The van der Waals surface area contributed by atoms with Crippen molar-refractivity contribution >= 4 is 33.2 Å². The van der Waals surface area contributed by atoms with E-state index in [9.17, 15) is 0 Å². The predicted molar refractivity (Wildman–Crippen MR) is 79.7 cm³/mol. The monoisotopic (exact) mass is 286 g/mol. The minimum absolute atomic E-state index is 0.623. The number of hydrogen-bond acceptors (Lipinski definition) is 6. The van der Waals surface area contributed by atoms with E-state index < -0.39 is 0 Å². The Hall–Kier alpha value is -2.15. The molecule has 0 radical (unpaired) electrons. The number of nitrogen functional groups attached to an aromatic ring is 1. The van der Waals surface area contributed by atoms with Gasteiger partial charge in [-0.3, -0.25) is 4.68 Å². The molecule has 1 aliphatic rings. The van der Waals surface area contributed by atoms with E-state index in [0.29, 0.717) is 5.82 Å². The Morgan fingerprint density at radius 1 is 1.30 bits per heavy atom. The maximum atomic E-state index is 5.97. The van der Waals surface area contributed by atoms with Gasteiger partial charge in [-0.2, -0.15) is 5.10 Å². The number of aryl methyl sites for hydroxylation is 2. The third kappa shape index (κ3) is 1.46. The fraction of sp³-hybridized carbons (Fsp3) is 0.308. The topological polar surface area (TPSA) is 72.9 Å². The highest BCUT2D eigenvalue weighted by atomic mass is 32.1. The first kappa shape index (κ1) is 11.7. The predicted octanol–water partition coefficient (Wildman–Crippen LogP) is 1.84. The van der Waals surface area contributed by atoms with Crippen LogP contribution in [0.4, 0.5) is 11.6 Å². The van der Waals surface area contributed by atoms with Gasteiger partial charge >= 0.3 is 0 Å². The summed E-state index contributed by atoms with van der Waals surface area (Å²) in [6.45, 7) is 3.65. The van der Waals surface area contributed by atoms with Crippen LogP contribution in [0.15, 0.2) is 11.7 Å². The molecule has 0 saturated carbocycles. The van der Waals surface area contributed by atoms with Gasteiger partial charge in [0.25, 0.3) is 0 Å². The van der Waals surface area contributed by atoms with Gasteiger partial charge in [-0.05, 0) is 17.9 Å². The van der Waals surface area contributed by atoms with Crippen molar-refractivity contribution in [2.24, 2.45) is 7.05 Å². The molecule has 0 bridgehead atoms.